The van der Waals surface area contributed by atoms with Gasteiger partial charge in [0.2, 0.25) is 5.75 Å². The molecule has 0 saturated heterocycles. The minimum absolute atomic E-state index is 0.323. The predicted octanol–water partition coefficient (Wildman–Crippen LogP) is 3.65. The highest BCUT2D eigenvalue weighted by Gasteiger charge is 2.17. The van der Waals surface area contributed by atoms with Gasteiger partial charge in [0.25, 0.3) is 5.91 Å². The number of nitriles is 1. The van der Waals surface area contributed by atoms with Crippen molar-refractivity contribution in [1.82, 2.24) is 0 Å². The second kappa shape index (κ2) is 9.92. The maximum atomic E-state index is 12.6. The molecule has 0 aromatic heterocycles. The third-order valence-electron chi connectivity index (χ3n) is 3.72. The van der Waals surface area contributed by atoms with Crippen LogP contribution in [0.4, 0.5) is 5.69 Å². The van der Waals surface area contributed by atoms with E-state index in [1.54, 1.807) is 36.4 Å². The average molecular weight is 370 g/mol. The second-order valence-electron chi connectivity index (χ2n) is 5.51. The number of unbranched alkanes of at least 4 members (excludes halogenated alkanes) is 1. The van der Waals surface area contributed by atoms with Gasteiger partial charge in [0.15, 0.2) is 11.5 Å². The molecule has 0 bridgehead atoms. The number of nitrogens with zero attached hydrogens (tertiary/aromatic N) is 1. The third-order valence-corrected chi connectivity index (χ3v) is 3.72. The van der Waals surface area contributed by atoms with Gasteiger partial charge in [0.05, 0.1) is 34.0 Å². The quantitative estimate of drug-likeness (QED) is 0.678. The molecule has 0 atom stereocenters. The number of carbonyl (C=O) groups is 1. The molecule has 0 aliphatic carbocycles. The first-order chi connectivity index (χ1) is 13.1. The van der Waals surface area contributed by atoms with Crippen molar-refractivity contribution in [3.63, 3.8) is 0 Å². The Morgan fingerprint density at radius 2 is 1.78 bits per heavy atom. The van der Waals surface area contributed by atoms with Crippen molar-refractivity contribution in [1.29, 1.82) is 5.26 Å². The summed E-state index contributed by atoms with van der Waals surface area (Å²) in [5.74, 6) is 1.52. The van der Waals surface area contributed by atoms with E-state index in [0.717, 1.165) is 0 Å². The Morgan fingerprint density at radius 1 is 1.07 bits per heavy atom. The molecular formula is C20H22N2O5. The van der Waals surface area contributed by atoms with E-state index in [-0.39, 0.29) is 5.91 Å². The lowest BCUT2D eigenvalue weighted by molar-refractivity contribution is 0.102. The Labute approximate surface area is 158 Å². The van der Waals surface area contributed by atoms with Gasteiger partial charge < -0.3 is 24.3 Å². The minimum Gasteiger partial charge on any atom is -0.493 e. The van der Waals surface area contributed by atoms with Gasteiger partial charge >= 0.3 is 0 Å². The smallest absolute Gasteiger partial charge is 0.255 e. The Hall–Kier alpha value is -3.40. The number of rotatable bonds is 9. The number of hydrogen-bond acceptors (Lipinski definition) is 6. The Bertz CT molecular complexity index is 804. The Morgan fingerprint density at radius 3 is 2.37 bits per heavy atom. The highest BCUT2D eigenvalue weighted by molar-refractivity contribution is 6.05. The number of carbonyl (C=O) groups excluding carboxylic acids is 1. The molecule has 0 saturated carbocycles. The monoisotopic (exact) mass is 370 g/mol. The first kappa shape index (κ1) is 19.9. The van der Waals surface area contributed by atoms with Crippen LogP contribution in [0.1, 0.15) is 23.2 Å². The number of ether oxygens (including phenoxy) is 4. The first-order valence-electron chi connectivity index (χ1n) is 8.34. The molecule has 0 spiro atoms. The largest absolute Gasteiger partial charge is 0.493 e. The van der Waals surface area contributed by atoms with Crippen LogP contribution in [0.2, 0.25) is 0 Å². The summed E-state index contributed by atoms with van der Waals surface area (Å²) >= 11 is 0. The van der Waals surface area contributed by atoms with Crippen LogP contribution in [0.15, 0.2) is 36.4 Å². The van der Waals surface area contributed by atoms with Crippen molar-refractivity contribution >= 4 is 11.6 Å². The van der Waals surface area contributed by atoms with E-state index in [1.807, 2.05) is 0 Å². The van der Waals surface area contributed by atoms with Crippen LogP contribution >= 0.6 is 0 Å². The third kappa shape index (κ3) is 5.28. The van der Waals surface area contributed by atoms with E-state index in [2.05, 4.69) is 11.4 Å². The van der Waals surface area contributed by atoms with Crippen LogP contribution < -0.4 is 24.3 Å². The molecule has 0 fully saturated rings. The maximum absolute atomic E-state index is 12.6. The van der Waals surface area contributed by atoms with Gasteiger partial charge in [-0.3, -0.25) is 4.79 Å². The van der Waals surface area contributed by atoms with Crippen LogP contribution in [0.25, 0.3) is 0 Å². The van der Waals surface area contributed by atoms with Gasteiger partial charge in [-0.05, 0) is 30.7 Å². The predicted molar refractivity (Wildman–Crippen MR) is 101 cm³/mol. The summed E-state index contributed by atoms with van der Waals surface area (Å²) in [7, 11) is 4.49. The van der Waals surface area contributed by atoms with E-state index < -0.39 is 0 Å². The van der Waals surface area contributed by atoms with Crippen LogP contribution in [0, 0.1) is 11.3 Å². The summed E-state index contributed by atoms with van der Waals surface area (Å²) in [5.41, 5.74) is 0.955. The number of nitrogens with one attached hydrogen (secondary N) is 1. The number of amides is 1. The Balaban J connectivity index is 2.14. The lowest BCUT2D eigenvalue weighted by Gasteiger charge is -2.14. The molecule has 0 aliphatic heterocycles. The highest BCUT2D eigenvalue weighted by Crippen LogP contribution is 2.38. The minimum atomic E-state index is -0.323. The molecule has 27 heavy (non-hydrogen) atoms. The standard InChI is InChI=1S/C20H22N2O5/c1-24-17-11-14(12-18(25-2)19(17)26-3)20(23)22-15-7-6-8-16(13-15)27-10-5-4-9-21/h6-8,11-13H,4-5,10H2,1-3H3,(H,22,23). The molecule has 2 aromatic rings. The molecule has 2 rings (SSSR count). The molecule has 2 aromatic carbocycles. The lowest BCUT2D eigenvalue weighted by atomic mass is 10.1. The first-order valence-corrected chi connectivity index (χ1v) is 8.34. The summed E-state index contributed by atoms with van der Waals surface area (Å²) in [5, 5.41) is 11.4. The van der Waals surface area contributed by atoms with Crippen molar-refractivity contribution in [2.45, 2.75) is 12.8 Å². The molecule has 7 nitrogen and oxygen atoms in total. The lowest BCUT2D eigenvalue weighted by Crippen LogP contribution is -2.12. The van der Waals surface area contributed by atoms with Crippen molar-refractivity contribution in [2.24, 2.45) is 0 Å². The van der Waals surface area contributed by atoms with Crippen molar-refractivity contribution < 1.29 is 23.7 Å². The molecule has 0 unspecified atom stereocenters. The number of anilines is 1. The SMILES string of the molecule is COc1cc(C(=O)Nc2cccc(OCCCC#N)c2)cc(OC)c1OC. The van der Waals surface area contributed by atoms with Crippen molar-refractivity contribution in [3.8, 4) is 29.1 Å². The zero-order valence-electron chi connectivity index (χ0n) is 15.6. The van der Waals surface area contributed by atoms with Gasteiger partial charge in [-0.25, -0.2) is 0 Å². The van der Waals surface area contributed by atoms with Gasteiger partial charge in [-0.1, -0.05) is 6.07 Å². The fourth-order valence-electron chi connectivity index (χ4n) is 2.42. The van der Waals surface area contributed by atoms with Crippen LogP contribution in [-0.4, -0.2) is 33.8 Å². The topological polar surface area (TPSA) is 89.8 Å². The van der Waals surface area contributed by atoms with Gasteiger partial charge in [-0.15, -0.1) is 0 Å². The summed E-state index contributed by atoms with van der Waals surface area (Å²) in [4.78, 5) is 12.6. The zero-order valence-corrected chi connectivity index (χ0v) is 15.6. The molecular weight excluding hydrogens is 348 g/mol. The van der Waals surface area contributed by atoms with Crippen LogP contribution in [-0.2, 0) is 0 Å². The van der Waals surface area contributed by atoms with E-state index in [4.69, 9.17) is 24.2 Å². The maximum Gasteiger partial charge on any atom is 0.255 e. The summed E-state index contributed by atoms with van der Waals surface area (Å²) in [6.07, 6.45) is 1.09. The van der Waals surface area contributed by atoms with Gasteiger partial charge in [0.1, 0.15) is 5.75 Å². The normalized spacial score (nSPS) is 9.85. The molecule has 1 amide bonds. The zero-order chi connectivity index (χ0) is 19.6. The molecule has 0 aliphatic rings. The fourth-order valence-corrected chi connectivity index (χ4v) is 2.42. The number of hydrogen-bond donors (Lipinski definition) is 1. The number of benzene rings is 2. The van der Waals surface area contributed by atoms with Crippen molar-refractivity contribution in [3.05, 3.63) is 42.0 Å². The summed E-state index contributed by atoms with van der Waals surface area (Å²) in [6, 6.07) is 12.3. The fraction of sp³-hybridized carbons (Fsp3) is 0.300. The van der Waals surface area contributed by atoms with Crippen LogP contribution in [0.3, 0.4) is 0 Å². The average Bonchev–Trinajstić information content (AvgIpc) is 2.70. The molecule has 0 heterocycles. The van der Waals surface area contributed by atoms with E-state index >= 15 is 0 Å². The number of methoxy groups -OCH3 is 3. The van der Waals surface area contributed by atoms with E-state index in [9.17, 15) is 4.79 Å². The van der Waals surface area contributed by atoms with Crippen molar-refractivity contribution in [2.75, 3.05) is 33.3 Å². The molecule has 1 N–H and O–H groups in total. The van der Waals surface area contributed by atoms with E-state index in [1.165, 1.54) is 21.3 Å². The molecule has 0 radical (unpaired) electrons. The molecule has 7 heteroatoms. The second-order valence-corrected chi connectivity index (χ2v) is 5.51. The highest BCUT2D eigenvalue weighted by atomic mass is 16.5. The van der Waals surface area contributed by atoms with E-state index in [0.29, 0.717) is 53.7 Å². The van der Waals surface area contributed by atoms with Gasteiger partial charge in [-0.2, -0.15) is 5.26 Å². The van der Waals surface area contributed by atoms with Crippen LogP contribution in [0.5, 0.6) is 23.0 Å². The molecule has 142 valence electrons. The summed E-state index contributed by atoms with van der Waals surface area (Å²) in [6.45, 7) is 0.442. The van der Waals surface area contributed by atoms with Gasteiger partial charge in [0, 0.05) is 23.7 Å². The Kier molecular flexibility index (Phi) is 7.32. The summed E-state index contributed by atoms with van der Waals surface area (Å²) < 4.78 is 21.4.